The number of allylic oxidation sites excluding steroid dienone is 2. The molecule has 1 heterocycles. The number of anilines is 1. The summed E-state index contributed by atoms with van der Waals surface area (Å²) in [6, 6.07) is 7.84. The maximum atomic E-state index is 12.4. The number of carbonyl (C=O) groups excluding carboxylic acids is 3. The van der Waals surface area contributed by atoms with Crippen molar-refractivity contribution < 1.29 is 14.4 Å². The molecule has 0 spiro atoms. The summed E-state index contributed by atoms with van der Waals surface area (Å²) in [5.74, 6) is -0.896. The Labute approximate surface area is 154 Å². The van der Waals surface area contributed by atoms with Crippen LogP contribution in [0.3, 0.4) is 0 Å². The molecule has 1 aromatic carbocycles. The van der Waals surface area contributed by atoms with Gasteiger partial charge in [0.25, 0.3) is 0 Å². The molecule has 3 amide bonds. The van der Waals surface area contributed by atoms with Gasteiger partial charge in [-0.2, -0.15) is 0 Å². The number of nitrogens with one attached hydrogen (secondary N) is 1. The number of aryl methyl sites for hydroxylation is 1. The summed E-state index contributed by atoms with van der Waals surface area (Å²) >= 11 is 0. The minimum absolute atomic E-state index is 0.127. The molecule has 1 N–H and O–H groups in total. The largest absolute Gasteiger partial charge is 0.326 e. The first kappa shape index (κ1) is 18.4. The predicted molar refractivity (Wildman–Crippen MR) is 100 cm³/mol. The summed E-state index contributed by atoms with van der Waals surface area (Å²) in [5, 5.41) is 2.84. The number of fused-ring (bicyclic) bond motifs is 1. The van der Waals surface area contributed by atoms with Crippen LogP contribution in [-0.4, -0.2) is 29.2 Å². The molecule has 138 valence electrons. The molecule has 1 saturated heterocycles. The van der Waals surface area contributed by atoms with E-state index in [0.29, 0.717) is 12.8 Å². The van der Waals surface area contributed by atoms with E-state index in [1.54, 1.807) is 0 Å². The van der Waals surface area contributed by atoms with Crippen LogP contribution in [0.15, 0.2) is 36.4 Å². The van der Waals surface area contributed by atoms with Crippen LogP contribution in [0, 0.1) is 11.8 Å². The number of likely N-dealkylation sites (tertiary alicyclic amines) is 1. The number of unbranched alkanes of at least 4 members (excludes halogenated alkanes) is 1. The number of amides is 3. The van der Waals surface area contributed by atoms with Gasteiger partial charge in [0, 0.05) is 18.7 Å². The highest BCUT2D eigenvalue weighted by molar-refractivity contribution is 6.05. The van der Waals surface area contributed by atoms with E-state index in [4.69, 9.17) is 0 Å². The first-order valence-corrected chi connectivity index (χ1v) is 9.49. The van der Waals surface area contributed by atoms with Gasteiger partial charge in [0.1, 0.15) is 0 Å². The Morgan fingerprint density at radius 3 is 2.27 bits per heavy atom. The van der Waals surface area contributed by atoms with Crippen LogP contribution in [0.1, 0.15) is 44.6 Å². The van der Waals surface area contributed by atoms with E-state index in [2.05, 4.69) is 12.2 Å². The molecule has 1 fully saturated rings. The quantitative estimate of drug-likeness (QED) is 0.603. The Morgan fingerprint density at radius 1 is 1.08 bits per heavy atom. The van der Waals surface area contributed by atoms with Crippen LogP contribution in [0.5, 0.6) is 0 Å². The second-order valence-corrected chi connectivity index (χ2v) is 7.08. The summed E-state index contributed by atoms with van der Waals surface area (Å²) < 4.78 is 0. The third-order valence-corrected chi connectivity index (χ3v) is 5.22. The Bertz CT molecular complexity index is 682. The number of benzene rings is 1. The van der Waals surface area contributed by atoms with Crippen molar-refractivity contribution in [3.8, 4) is 0 Å². The van der Waals surface area contributed by atoms with Crippen molar-refractivity contribution in [3.05, 3.63) is 42.0 Å². The fourth-order valence-electron chi connectivity index (χ4n) is 3.66. The van der Waals surface area contributed by atoms with Gasteiger partial charge in [-0.05, 0) is 43.4 Å². The monoisotopic (exact) mass is 354 g/mol. The van der Waals surface area contributed by atoms with Crippen molar-refractivity contribution in [2.45, 2.75) is 45.4 Å². The maximum absolute atomic E-state index is 12.4. The molecule has 26 heavy (non-hydrogen) atoms. The van der Waals surface area contributed by atoms with Crippen molar-refractivity contribution in [1.29, 1.82) is 0 Å². The van der Waals surface area contributed by atoms with Crippen LogP contribution >= 0.6 is 0 Å². The molecule has 1 aliphatic carbocycles. The Balaban J connectivity index is 1.50. The molecule has 5 heteroatoms. The van der Waals surface area contributed by atoms with Gasteiger partial charge in [0.2, 0.25) is 17.7 Å². The van der Waals surface area contributed by atoms with E-state index in [1.165, 1.54) is 10.5 Å². The first-order valence-electron chi connectivity index (χ1n) is 9.49. The van der Waals surface area contributed by atoms with Gasteiger partial charge in [-0.25, -0.2) is 0 Å². The van der Waals surface area contributed by atoms with Gasteiger partial charge >= 0.3 is 0 Å². The number of nitrogens with zero attached hydrogens (tertiary/aromatic N) is 1. The van der Waals surface area contributed by atoms with Crippen LogP contribution in [-0.2, 0) is 20.8 Å². The highest BCUT2D eigenvalue weighted by Gasteiger charge is 2.46. The van der Waals surface area contributed by atoms with Gasteiger partial charge < -0.3 is 5.32 Å². The molecule has 3 rings (SSSR count). The molecule has 2 unspecified atom stereocenters. The third kappa shape index (κ3) is 4.03. The fourth-order valence-corrected chi connectivity index (χ4v) is 3.66. The highest BCUT2D eigenvalue weighted by Crippen LogP contribution is 2.35. The van der Waals surface area contributed by atoms with E-state index in [9.17, 15) is 14.4 Å². The zero-order chi connectivity index (χ0) is 18.5. The van der Waals surface area contributed by atoms with Crippen molar-refractivity contribution in [2.24, 2.45) is 11.8 Å². The van der Waals surface area contributed by atoms with Crippen LogP contribution < -0.4 is 5.32 Å². The maximum Gasteiger partial charge on any atom is 0.233 e. The topological polar surface area (TPSA) is 66.5 Å². The molecular formula is C21H26N2O3. The number of imide groups is 1. The molecule has 0 aromatic heterocycles. The van der Waals surface area contributed by atoms with Gasteiger partial charge in [0.15, 0.2) is 0 Å². The lowest BCUT2D eigenvalue weighted by atomic mass is 9.85. The van der Waals surface area contributed by atoms with E-state index < -0.39 is 0 Å². The summed E-state index contributed by atoms with van der Waals surface area (Å²) in [4.78, 5) is 38.2. The van der Waals surface area contributed by atoms with E-state index >= 15 is 0 Å². The smallest absolute Gasteiger partial charge is 0.233 e. The van der Waals surface area contributed by atoms with Crippen molar-refractivity contribution in [1.82, 2.24) is 4.90 Å². The minimum Gasteiger partial charge on any atom is -0.326 e. The predicted octanol–water partition coefficient (Wildman–Crippen LogP) is 3.31. The third-order valence-electron chi connectivity index (χ3n) is 5.22. The summed E-state index contributed by atoms with van der Waals surface area (Å²) in [6.07, 6.45) is 8.67. The van der Waals surface area contributed by atoms with Crippen LogP contribution in [0.25, 0.3) is 0 Å². The standard InChI is InChI=1S/C21H26N2O3/c1-2-3-6-15-9-11-16(12-10-15)22-19(24)13-14-23-20(25)17-7-4-5-8-18(17)21(23)26/h4-5,9-12,17-18H,2-3,6-8,13-14H2,1H3,(H,22,24). The minimum atomic E-state index is -0.230. The zero-order valence-corrected chi connectivity index (χ0v) is 15.2. The fraction of sp³-hybridized carbons (Fsp3) is 0.476. The van der Waals surface area contributed by atoms with Crippen molar-refractivity contribution in [2.75, 3.05) is 11.9 Å². The molecule has 0 bridgehead atoms. The molecule has 0 radical (unpaired) electrons. The van der Waals surface area contributed by atoms with E-state index in [0.717, 1.165) is 24.9 Å². The first-order chi connectivity index (χ1) is 12.6. The van der Waals surface area contributed by atoms with Gasteiger partial charge in [-0.15, -0.1) is 0 Å². The Morgan fingerprint density at radius 2 is 1.69 bits per heavy atom. The molecule has 0 saturated carbocycles. The van der Waals surface area contributed by atoms with Gasteiger partial charge in [0.05, 0.1) is 11.8 Å². The van der Waals surface area contributed by atoms with Gasteiger partial charge in [-0.1, -0.05) is 37.6 Å². The lowest BCUT2D eigenvalue weighted by Gasteiger charge is -2.14. The molecular weight excluding hydrogens is 328 g/mol. The average molecular weight is 354 g/mol. The molecule has 1 aromatic rings. The SMILES string of the molecule is CCCCc1ccc(NC(=O)CCN2C(=O)C3CC=CCC3C2=O)cc1. The van der Waals surface area contributed by atoms with Crippen molar-refractivity contribution in [3.63, 3.8) is 0 Å². The Hall–Kier alpha value is -2.43. The average Bonchev–Trinajstić information content (AvgIpc) is 2.90. The molecule has 2 aliphatic rings. The number of carbonyl (C=O) groups is 3. The highest BCUT2D eigenvalue weighted by atomic mass is 16.2. The Kier molecular flexibility index (Phi) is 5.86. The second kappa shape index (κ2) is 8.30. The van der Waals surface area contributed by atoms with Crippen LogP contribution in [0.4, 0.5) is 5.69 Å². The number of hydrogen-bond donors (Lipinski definition) is 1. The normalized spacial score (nSPS) is 21.8. The zero-order valence-electron chi connectivity index (χ0n) is 15.2. The second-order valence-electron chi connectivity index (χ2n) is 7.08. The lowest BCUT2D eigenvalue weighted by molar-refractivity contribution is -0.140. The summed E-state index contributed by atoms with van der Waals surface area (Å²) in [6.45, 7) is 2.32. The number of rotatable bonds is 7. The summed E-state index contributed by atoms with van der Waals surface area (Å²) in [5.41, 5.74) is 2.00. The van der Waals surface area contributed by atoms with E-state index in [-0.39, 0.29) is 42.5 Å². The molecule has 5 nitrogen and oxygen atoms in total. The van der Waals surface area contributed by atoms with Gasteiger partial charge in [-0.3, -0.25) is 19.3 Å². The molecule has 1 aliphatic heterocycles. The summed E-state index contributed by atoms with van der Waals surface area (Å²) in [7, 11) is 0. The van der Waals surface area contributed by atoms with Crippen LogP contribution in [0.2, 0.25) is 0 Å². The number of hydrogen-bond acceptors (Lipinski definition) is 3. The lowest BCUT2D eigenvalue weighted by Crippen LogP contribution is -2.34. The molecule has 2 atom stereocenters. The van der Waals surface area contributed by atoms with E-state index in [1.807, 2.05) is 36.4 Å². The van der Waals surface area contributed by atoms with Crippen molar-refractivity contribution >= 4 is 23.4 Å².